The highest BCUT2D eigenvalue weighted by atomic mass is 15.4. The quantitative estimate of drug-likeness (QED) is 0.335. The summed E-state index contributed by atoms with van der Waals surface area (Å²) in [6.07, 6.45) is 4.63. The molecule has 0 aromatic carbocycles. The van der Waals surface area contributed by atoms with Crippen LogP contribution in [0.5, 0.6) is 0 Å². The minimum absolute atomic E-state index is 1.33. The third-order valence-corrected chi connectivity index (χ3v) is 0.573. The van der Waals surface area contributed by atoms with Gasteiger partial charge in [0.05, 0.1) is 12.4 Å². The Morgan fingerprint density at radius 3 is 2.86 bits per heavy atom. The summed E-state index contributed by atoms with van der Waals surface area (Å²) in [6.45, 7) is 0. The van der Waals surface area contributed by atoms with Crippen molar-refractivity contribution >= 4 is 6.34 Å². The van der Waals surface area contributed by atoms with Gasteiger partial charge in [0.25, 0.3) is 0 Å². The monoisotopic (exact) mass is 95.0 g/mol. The Morgan fingerprint density at radius 2 is 2.57 bits per heavy atom. The van der Waals surface area contributed by atoms with Gasteiger partial charge in [-0.25, -0.2) is 10.8 Å². The molecule has 0 fully saturated rings. The van der Waals surface area contributed by atoms with Crippen molar-refractivity contribution < 1.29 is 0 Å². The van der Waals surface area contributed by atoms with Crippen LogP contribution in [0.25, 0.3) is 0 Å². The fourth-order valence-corrected chi connectivity index (χ4v) is 0.306. The maximum Gasteiger partial charge on any atom is 0.110 e. The molecule has 0 saturated heterocycles. The second-order valence-electron chi connectivity index (χ2n) is 1.14. The smallest absolute Gasteiger partial charge is 0.110 e. The van der Waals surface area contributed by atoms with E-state index < -0.39 is 0 Å². The molecule has 0 bridgehead atoms. The third-order valence-electron chi connectivity index (χ3n) is 0.573. The first-order valence-corrected chi connectivity index (χ1v) is 1.87. The Kier molecular flexibility index (Phi) is 0.941. The molecule has 0 aromatic heterocycles. The molecular weight excluding hydrogens is 90.1 g/mol. The minimum Gasteiger partial charge on any atom is -0.268 e. The highest BCUT2D eigenvalue weighted by Gasteiger charge is 1.81. The first-order chi connectivity index (χ1) is 3.39. The van der Waals surface area contributed by atoms with Crippen LogP contribution in [0, 0.1) is 0 Å². The number of hydrazine groups is 1. The molecule has 0 spiro atoms. The van der Waals surface area contributed by atoms with Crippen LogP contribution in [-0.2, 0) is 0 Å². The molecule has 0 unspecified atom stereocenters. The van der Waals surface area contributed by atoms with Gasteiger partial charge >= 0.3 is 0 Å². The van der Waals surface area contributed by atoms with Crippen molar-refractivity contribution in [1.29, 1.82) is 0 Å². The average Bonchev–Trinajstić information content (AvgIpc) is 1.69. The first-order valence-electron chi connectivity index (χ1n) is 1.87. The van der Waals surface area contributed by atoms with Crippen LogP contribution >= 0.6 is 0 Å². The van der Waals surface area contributed by atoms with Crippen LogP contribution in [0.1, 0.15) is 0 Å². The summed E-state index contributed by atoms with van der Waals surface area (Å²) in [7, 11) is 0. The topological polar surface area (TPSA) is 41.6 Å². The van der Waals surface area contributed by atoms with Crippen molar-refractivity contribution in [3.8, 4) is 0 Å². The summed E-state index contributed by atoms with van der Waals surface area (Å²) in [4.78, 5) is 3.67. The number of hydrogen-bond acceptors (Lipinski definition) is 3. The lowest BCUT2D eigenvalue weighted by atomic mass is 10.7. The molecule has 7 heavy (non-hydrogen) atoms. The molecule has 1 heterocycles. The lowest BCUT2D eigenvalue weighted by Crippen LogP contribution is -2.22. The lowest BCUT2D eigenvalue weighted by molar-refractivity contribution is 0.613. The SMILES string of the molecule is NN1C=C=CN=C1. The third kappa shape index (κ3) is 0.892. The van der Waals surface area contributed by atoms with Crippen LogP contribution in [0.15, 0.2) is 23.1 Å². The average molecular weight is 95.1 g/mol. The fourth-order valence-electron chi connectivity index (χ4n) is 0.306. The van der Waals surface area contributed by atoms with Crippen molar-refractivity contribution in [1.82, 2.24) is 5.01 Å². The molecule has 2 N–H and O–H groups in total. The standard InChI is InChI=1S/C4H5N3/c5-7-3-1-2-6-4-7/h2-4H,5H2. The van der Waals surface area contributed by atoms with Gasteiger partial charge in [0, 0.05) is 0 Å². The van der Waals surface area contributed by atoms with Gasteiger partial charge in [-0.15, -0.1) is 0 Å². The molecule has 1 aliphatic rings. The summed E-state index contributed by atoms with van der Waals surface area (Å²) < 4.78 is 0. The Morgan fingerprint density at radius 1 is 1.71 bits per heavy atom. The van der Waals surface area contributed by atoms with Gasteiger partial charge in [0.2, 0.25) is 0 Å². The van der Waals surface area contributed by atoms with E-state index >= 15 is 0 Å². The normalized spacial score (nSPS) is 15.9. The zero-order chi connectivity index (χ0) is 5.11. The van der Waals surface area contributed by atoms with Gasteiger partial charge in [-0.1, -0.05) is 5.73 Å². The van der Waals surface area contributed by atoms with Gasteiger partial charge in [0.1, 0.15) is 6.34 Å². The predicted octanol–water partition coefficient (Wildman–Crippen LogP) is -0.170. The van der Waals surface area contributed by atoms with Crippen molar-refractivity contribution in [2.24, 2.45) is 10.8 Å². The molecule has 0 saturated carbocycles. The highest BCUT2D eigenvalue weighted by Crippen LogP contribution is 1.80. The Labute approximate surface area is 41.4 Å². The maximum absolute atomic E-state index is 5.18. The molecule has 0 aromatic rings. The molecule has 1 aliphatic heterocycles. The summed E-state index contributed by atoms with van der Waals surface area (Å²) in [5.74, 6) is 5.18. The van der Waals surface area contributed by atoms with E-state index in [0.29, 0.717) is 0 Å². The highest BCUT2D eigenvalue weighted by molar-refractivity contribution is 5.57. The van der Waals surface area contributed by atoms with E-state index in [0.717, 1.165) is 0 Å². The number of nitrogens with two attached hydrogens (primary N) is 1. The van der Waals surface area contributed by atoms with Gasteiger partial charge in [-0.05, 0) is 0 Å². The van der Waals surface area contributed by atoms with E-state index in [4.69, 9.17) is 5.84 Å². The summed E-state index contributed by atoms with van der Waals surface area (Å²) >= 11 is 0. The summed E-state index contributed by atoms with van der Waals surface area (Å²) in [6, 6.07) is 0. The Hall–Kier alpha value is -1.05. The van der Waals surface area contributed by atoms with Gasteiger partial charge in [-0.3, -0.25) is 5.01 Å². The second-order valence-corrected chi connectivity index (χ2v) is 1.14. The second kappa shape index (κ2) is 1.60. The number of aliphatic imine (C=N–C) groups is 1. The van der Waals surface area contributed by atoms with E-state index in [-0.39, 0.29) is 0 Å². The van der Waals surface area contributed by atoms with E-state index in [1.54, 1.807) is 12.4 Å². The molecule has 3 heteroatoms. The molecule has 0 radical (unpaired) electrons. The van der Waals surface area contributed by atoms with Crippen LogP contribution in [0.2, 0.25) is 0 Å². The van der Waals surface area contributed by atoms with Crippen molar-refractivity contribution in [2.75, 3.05) is 0 Å². The lowest BCUT2D eigenvalue weighted by Gasteiger charge is -2.02. The largest absolute Gasteiger partial charge is 0.268 e. The summed E-state index contributed by atoms with van der Waals surface area (Å²) in [5, 5.41) is 1.33. The van der Waals surface area contributed by atoms with Crippen molar-refractivity contribution in [3.63, 3.8) is 0 Å². The predicted molar refractivity (Wildman–Crippen MR) is 27.2 cm³/mol. The van der Waals surface area contributed by atoms with E-state index in [2.05, 4.69) is 10.7 Å². The molecule has 3 nitrogen and oxygen atoms in total. The number of hydrogen-bond donors (Lipinski definition) is 1. The van der Waals surface area contributed by atoms with Crippen LogP contribution in [0.3, 0.4) is 0 Å². The molecule has 0 amide bonds. The van der Waals surface area contributed by atoms with Crippen molar-refractivity contribution in [2.45, 2.75) is 0 Å². The van der Waals surface area contributed by atoms with E-state index in [9.17, 15) is 0 Å². The number of nitrogens with zero attached hydrogens (tertiary/aromatic N) is 2. The van der Waals surface area contributed by atoms with Crippen LogP contribution < -0.4 is 5.84 Å². The molecule has 1 rings (SSSR count). The van der Waals surface area contributed by atoms with Gasteiger partial charge < -0.3 is 0 Å². The minimum atomic E-state index is 1.33. The fraction of sp³-hybridized carbons (Fsp3) is 0. The van der Waals surface area contributed by atoms with Crippen LogP contribution in [0.4, 0.5) is 0 Å². The molecule has 0 aliphatic carbocycles. The van der Waals surface area contributed by atoms with E-state index in [1.165, 1.54) is 11.3 Å². The van der Waals surface area contributed by atoms with Gasteiger partial charge in [0.15, 0.2) is 0 Å². The molecule has 36 valence electrons. The Balaban J connectivity index is 2.77. The zero-order valence-electron chi connectivity index (χ0n) is 3.70. The van der Waals surface area contributed by atoms with E-state index in [1.807, 2.05) is 0 Å². The van der Waals surface area contributed by atoms with Crippen LogP contribution in [-0.4, -0.2) is 11.3 Å². The van der Waals surface area contributed by atoms with Crippen molar-refractivity contribution in [3.05, 3.63) is 18.1 Å². The Bertz CT molecular complexity index is 141. The zero-order valence-corrected chi connectivity index (χ0v) is 3.70. The molecule has 0 atom stereocenters. The first kappa shape index (κ1) is 4.12. The molecular formula is C4H5N3. The number of rotatable bonds is 0. The summed E-state index contributed by atoms with van der Waals surface area (Å²) in [5.41, 5.74) is 2.69. The van der Waals surface area contributed by atoms with Gasteiger partial charge in [-0.2, -0.15) is 0 Å². The maximum atomic E-state index is 5.18.